The number of aliphatic hydroxyl groups excluding tert-OH is 1. The number of nitrogens with zero attached hydrogens (tertiary/aromatic N) is 1. The number of phosphoric ester groups is 1. The summed E-state index contributed by atoms with van der Waals surface area (Å²) in [5.41, 5.74) is 0. The summed E-state index contributed by atoms with van der Waals surface area (Å²) in [5, 5.41) is 14.0. The number of rotatable bonds is 63. The fraction of sp³-hybridized carbons (Fsp3) is 0.817. The maximum atomic E-state index is 13.0. The van der Waals surface area contributed by atoms with Crippen LogP contribution >= 0.6 is 7.82 Å². The zero-order chi connectivity index (χ0) is 58.4. The highest BCUT2D eigenvalue weighted by atomic mass is 31.2. The summed E-state index contributed by atoms with van der Waals surface area (Å²) < 4.78 is 23.8. The standard InChI is InChI=1S/C71H133N2O6P/c1-6-8-10-12-14-16-18-20-22-24-26-28-30-32-33-34-35-36-37-38-39-41-43-45-47-49-51-53-55-57-59-61-63-65-71(75)72-69(68-79-80(76,77)78-67-66-73(3,4)5)70(74)64-62-60-58-56-54-52-50-48-46-44-42-40-31-29-27-25-23-21-19-17-15-13-11-9-7-2/h18,20,24,26,30,32,46,48,54,56,62,64,69-70,74H,6-17,19,21-23,25,27-29,31,33-45,47,49-53,55,57-61,63,65-68H2,1-5H3,(H-,72,75,76,77)/p+1/b20-18-,26-24-,32-30-,48-46+,56-54+,64-62+. The summed E-state index contributed by atoms with van der Waals surface area (Å²) >= 11 is 0. The van der Waals surface area contributed by atoms with Crippen molar-refractivity contribution >= 4 is 13.7 Å². The lowest BCUT2D eigenvalue weighted by atomic mass is 10.0. The van der Waals surface area contributed by atoms with Gasteiger partial charge in [0.2, 0.25) is 5.91 Å². The molecular weight excluding hydrogens is 1010 g/mol. The number of hydrogen-bond donors (Lipinski definition) is 3. The molecule has 3 atom stereocenters. The predicted octanol–water partition coefficient (Wildman–Crippen LogP) is 21.8. The monoisotopic (exact) mass is 1140 g/mol. The summed E-state index contributed by atoms with van der Waals surface area (Å²) in [6.45, 7) is 4.81. The van der Waals surface area contributed by atoms with Gasteiger partial charge in [0.05, 0.1) is 39.9 Å². The van der Waals surface area contributed by atoms with E-state index in [0.29, 0.717) is 17.4 Å². The number of carbonyl (C=O) groups is 1. The lowest BCUT2D eigenvalue weighted by Crippen LogP contribution is -2.45. The van der Waals surface area contributed by atoms with Gasteiger partial charge in [0.15, 0.2) is 0 Å². The molecule has 0 aromatic rings. The van der Waals surface area contributed by atoms with Gasteiger partial charge >= 0.3 is 7.82 Å². The molecule has 8 nitrogen and oxygen atoms in total. The van der Waals surface area contributed by atoms with Gasteiger partial charge in [-0.25, -0.2) is 4.57 Å². The van der Waals surface area contributed by atoms with Gasteiger partial charge in [-0.1, -0.05) is 305 Å². The number of unbranched alkanes of at least 4 members (excludes halogenated alkanes) is 40. The fourth-order valence-corrected chi connectivity index (χ4v) is 10.8. The van der Waals surface area contributed by atoms with Crippen molar-refractivity contribution in [2.45, 2.75) is 334 Å². The van der Waals surface area contributed by atoms with E-state index in [0.717, 1.165) is 57.8 Å². The van der Waals surface area contributed by atoms with Crippen LogP contribution in [0.3, 0.4) is 0 Å². The molecule has 0 radical (unpaired) electrons. The average molecular weight is 1140 g/mol. The smallest absolute Gasteiger partial charge is 0.387 e. The molecule has 0 saturated heterocycles. The molecule has 0 rings (SSSR count). The van der Waals surface area contributed by atoms with Gasteiger partial charge in [0, 0.05) is 6.42 Å². The minimum Gasteiger partial charge on any atom is -0.387 e. The molecule has 0 saturated carbocycles. The molecule has 0 fully saturated rings. The van der Waals surface area contributed by atoms with Crippen molar-refractivity contribution in [1.29, 1.82) is 0 Å². The molecule has 0 aliphatic rings. The number of phosphoric acid groups is 1. The van der Waals surface area contributed by atoms with Crippen molar-refractivity contribution in [1.82, 2.24) is 5.32 Å². The Hall–Kier alpha value is -2.06. The van der Waals surface area contributed by atoms with Crippen LogP contribution < -0.4 is 5.32 Å². The molecule has 468 valence electrons. The largest absolute Gasteiger partial charge is 0.472 e. The van der Waals surface area contributed by atoms with Crippen LogP contribution in [-0.4, -0.2) is 73.4 Å². The average Bonchev–Trinajstić information content (AvgIpc) is 3.42. The molecule has 0 aliphatic carbocycles. The summed E-state index contributed by atoms with van der Waals surface area (Å²) in [5.74, 6) is -0.188. The first kappa shape index (κ1) is 77.9. The van der Waals surface area contributed by atoms with E-state index >= 15 is 0 Å². The number of likely N-dealkylation sites (N-methyl/N-ethyl adjacent to an activating group) is 1. The Labute approximate surface area is 497 Å². The van der Waals surface area contributed by atoms with Gasteiger partial charge in [-0.3, -0.25) is 13.8 Å². The van der Waals surface area contributed by atoms with Crippen LogP contribution in [0.5, 0.6) is 0 Å². The number of quaternary nitrogens is 1. The summed E-state index contributed by atoms with van der Waals surface area (Å²) in [4.78, 5) is 23.4. The van der Waals surface area contributed by atoms with Crippen LogP contribution in [0, 0.1) is 0 Å². The topological polar surface area (TPSA) is 105 Å². The van der Waals surface area contributed by atoms with E-state index in [4.69, 9.17) is 9.05 Å². The number of amides is 1. The van der Waals surface area contributed by atoms with Gasteiger partial charge in [-0.05, 0) is 83.5 Å². The molecule has 0 bridgehead atoms. The van der Waals surface area contributed by atoms with E-state index in [1.165, 1.54) is 244 Å². The Balaban J connectivity index is 4.12. The van der Waals surface area contributed by atoms with Gasteiger partial charge in [0.25, 0.3) is 0 Å². The molecule has 0 heterocycles. The zero-order valence-corrected chi connectivity index (χ0v) is 54.5. The highest BCUT2D eigenvalue weighted by molar-refractivity contribution is 7.47. The van der Waals surface area contributed by atoms with Crippen molar-refractivity contribution in [2.24, 2.45) is 0 Å². The molecule has 3 N–H and O–H groups in total. The minimum absolute atomic E-state index is 0.0525. The molecule has 3 unspecified atom stereocenters. The number of aliphatic hydroxyl groups is 1. The van der Waals surface area contributed by atoms with Crippen LogP contribution in [-0.2, 0) is 18.4 Å². The van der Waals surface area contributed by atoms with E-state index in [9.17, 15) is 19.4 Å². The summed E-state index contributed by atoms with van der Waals surface area (Å²) in [7, 11) is 1.55. The van der Waals surface area contributed by atoms with Gasteiger partial charge < -0.3 is 19.8 Å². The Bertz CT molecular complexity index is 1530. The second-order valence-corrected chi connectivity index (χ2v) is 26.0. The fourth-order valence-electron chi connectivity index (χ4n) is 10.0. The zero-order valence-electron chi connectivity index (χ0n) is 53.6. The number of carbonyl (C=O) groups excluding carboxylic acids is 1. The molecule has 80 heavy (non-hydrogen) atoms. The minimum atomic E-state index is -4.37. The molecule has 9 heteroatoms. The third kappa shape index (κ3) is 63.5. The first-order valence-corrected chi connectivity index (χ1v) is 35.8. The third-order valence-electron chi connectivity index (χ3n) is 15.4. The van der Waals surface area contributed by atoms with E-state index in [2.05, 4.69) is 79.9 Å². The molecule has 0 aromatic heterocycles. The molecule has 0 aliphatic heterocycles. The van der Waals surface area contributed by atoms with Gasteiger partial charge in [-0.2, -0.15) is 0 Å². The number of hydrogen-bond acceptors (Lipinski definition) is 5. The van der Waals surface area contributed by atoms with Crippen molar-refractivity contribution in [2.75, 3.05) is 40.9 Å². The maximum Gasteiger partial charge on any atom is 0.472 e. The van der Waals surface area contributed by atoms with Crippen LogP contribution in [0.1, 0.15) is 322 Å². The predicted molar refractivity (Wildman–Crippen MR) is 350 cm³/mol. The van der Waals surface area contributed by atoms with E-state index in [1.54, 1.807) is 6.08 Å². The van der Waals surface area contributed by atoms with Gasteiger partial charge in [-0.15, -0.1) is 0 Å². The lowest BCUT2D eigenvalue weighted by Gasteiger charge is -2.25. The first-order valence-electron chi connectivity index (χ1n) is 34.3. The Morgan fingerprint density at radius 3 is 1.09 bits per heavy atom. The molecule has 0 spiro atoms. The Morgan fingerprint density at radius 2 is 0.725 bits per heavy atom. The number of nitrogens with one attached hydrogen (secondary N) is 1. The highest BCUT2D eigenvalue weighted by Crippen LogP contribution is 2.43. The van der Waals surface area contributed by atoms with Crippen LogP contribution in [0.15, 0.2) is 72.9 Å². The highest BCUT2D eigenvalue weighted by Gasteiger charge is 2.28. The van der Waals surface area contributed by atoms with Crippen molar-refractivity contribution in [3.8, 4) is 0 Å². The van der Waals surface area contributed by atoms with Gasteiger partial charge in [0.1, 0.15) is 13.2 Å². The first-order chi connectivity index (χ1) is 39.0. The SMILES string of the molecule is CCCCCCC/C=C\C/C=C\C/C=C\CCCCCCCCCCCCCCCCCCCCC(=O)NC(COP(=O)(O)OCC[N+](C)(C)C)C(O)/C=C/CC/C=C/CC/C=C/CCCCCCCCCCCCCCCCC. The lowest BCUT2D eigenvalue weighted by molar-refractivity contribution is -0.870. The second kappa shape index (κ2) is 61.5. The summed E-state index contributed by atoms with van der Waals surface area (Å²) in [6, 6.07) is -0.873. The van der Waals surface area contributed by atoms with Crippen LogP contribution in [0.25, 0.3) is 0 Å². The maximum absolute atomic E-state index is 13.0. The quantitative estimate of drug-likeness (QED) is 0.0243. The molecule has 0 aromatic carbocycles. The molecular formula is C71H134N2O6P+. The number of allylic oxidation sites excluding steroid dienone is 11. The van der Waals surface area contributed by atoms with Crippen LogP contribution in [0.2, 0.25) is 0 Å². The van der Waals surface area contributed by atoms with Crippen molar-refractivity contribution in [3.63, 3.8) is 0 Å². The summed E-state index contributed by atoms with van der Waals surface area (Å²) in [6.07, 6.45) is 86.2. The van der Waals surface area contributed by atoms with E-state index < -0.39 is 20.0 Å². The third-order valence-corrected chi connectivity index (χ3v) is 16.4. The van der Waals surface area contributed by atoms with Crippen molar-refractivity contribution < 1.29 is 32.9 Å². The Morgan fingerprint density at radius 1 is 0.425 bits per heavy atom. The second-order valence-electron chi connectivity index (χ2n) is 24.5. The van der Waals surface area contributed by atoms with E-state index in [-0.39, 0.29) is 19.1 Å². The van der Waals surface area contributed by atoms with Crippen LogP contribution in [0.4, 0.5) is 0 Å². The molecule has 1 amide bonds. The normalized spacial score (nSPS) is 14.1. The Kier molecular flexibility index (Phi) is 59.9. The van der Waals surface area contributed by atoms with E-state index in [1.807, 2.05) is 27.2 Å². The van der Waals surface area contributed by atoms with Crippen molar-refractivity contribution in [3.05, 3.63) is 72.9 Å².